The number of rotatable bonds is 12. The Morgan fingerprint density at radius 2 is 1.60 bits per heavy atom. The minimum atomic E-state index is -3.76. The highest BCUT2D eigenvalue weighted by atomic mass is 32.2. The minimum Gasteiger partial charge on any atom is -0.354 e. The summed E-state index contributed by atoms with van der Waals surface area (Å²) in [5.41, 5.74) is 1.76. The molecule has 0 aliphatic carbocycles. The molecule has 4 aromatic rings. The second-order valence-electron chi connectivity index (χ2n) is 11.3. The summed E-state index contributed by atoms with van der Waals surface area (Å²) >= 11 is 0. The summed E-state index contributed by atoms with van der Waals surface area (Å²) in [5.74, 6) is -0.925. The molecule has 1 N–H and O–H groups in total. The number of anilines is 1. The van der Waals surface area contributed by atoms with E-state index < -0.39 is 21.9 Å². The Hall–Kier alpha value is -4.24. The lowest BCUT2D eigenvalue weighted by Gasteiger charge is -2.32. The molecule has 0 fully saturated rings. The van der Waals surface area contributed by atoms with E-state index in [9.17, 15) is 22.4 Å². The van der Waals surface area contributed by atoms with Crippen molar-refractivity contribution in [3.8, 4) is 0 Å². The van der Waals surface area contributed by atoms with E-state index in [2.05, 4.69) is 5.32 Å². The first-order valence-corrected chi connectivity index (χ1v) is 16.0. The summed E-state index contributed by atoms with van der Waals surface area (Å²) in [4.78, 5) is 29.2. The molecule has 0 spiro atoms. The zero-order valence-corrected chi connectivity index (χ0v) is 25.2. The summed E-state index contributed by atoms with van der Waals surface area (Å²) in [5, 5.41) is 4.48. The molecular weight excluding hydrogens is 565 g/mol. The molecule has 0 saturated heterocycles. The van der Waals surface area contributed by atoms with Crippen LogP contribution in [0.25, 0.3) is 10.8 Å². The fourth-order valence-corrected chi connectivity index (χ4v) is 7.25. The fourth-order valence-electron chi connectivity index (χ4n) is 5.50. The van der Waals surface area contributed by atoms with Crippen LogP contribution >= 0.6 is 0 Å². The van der Waals surface area contributed by atoms with Gasteiger partial charge in [-0.05, 0) is 41.5 Å². The molecule has 0 unspecified atom stereocenters. The van der Waals surface area contributed by atoms with Crippen LogP contribution in [0.1, 0.15) is 37.8 Å². The number of sulfonamides is 1. The first-order chi connectivity index (χ1) is 20.7. The highest BCUT2D eigenvalue weighted by molar-refractivity contribution is 7.93. The number of nitrogens with one attached hydrogen (secondary N) is 1. The Morgan fingerprint density at radius 1 is 0.907 bits per heavy atom. The highest BCUT2D eigenvalue weighted by Gasteiger charge is 2.36. The van der Waals surface area contributed by atoms with E-state index in [1.165, 1.54) is 15.3 Å². The van der Waals surface area contributed by atoms with E-state index in [0.29, 0.717) is 23.2 Å². The third-order valence-corrected chi connectivity index (χ3v) is 9.54. The number of hydrogen-bond donors (Lipinski definition) is 1. The maximum absolute atomic E-state index is 14.8. The van der Waals surface area contributed by atoms with Crippen LogP contribution in [-0.2, 0) is 32.6 Å². The van der Waals surface area contributed by atoms with Gasteiger partial charge in [0.05, 0.1) is 10.6 Å². The van der Waals surface area contributed by atoms with Crippen molar-refractivity contribution in [3.63, 3.8) is 0 Å². The van der Waals surface area contributed by atoms with Gasteiger partial charge in [-0.15, -0.1) is 0 Å². The van der Waals surface area contributed by atoms with E-state index >= 15 is 0 Å². The summed E-state index contributed by atoms with van der Waals surface area (Å²) in [6.07, 6.45) is 0.459. The average Bonchev–Trinajstić information content (AvgIpc) is 3.22. The van der Waals surface area contributed by atoms with Crippen LogP contribution in [0.3, 0.4) is 0 Å². The van der Waals surface area contributed by atoms with Crippen LogP contribution in [0.4, 0.5) is 10.1 Å². The highest BCUT2D eigenvalue weighted by Crippen LogP contribution is 2.42. The van der Waals surface area contributed by atoms with Crippen molar-refractivity contribution in [3.05, 3.63) is 108 Å². The molecule has 9 heteroatoms. The van der Waals surface area contributed by atoms with Crippen molar-refractivity contribution in [1.29, 1.82) is 0 Å². The third kappa shape index (κ3) is 6.57. The van der Waals surface area contributed by atoms with Gasteiger partial charge in [-0.3, -0.25) is 13.9 Å². The van der Waals surface area contributed by atoms with Crippen molar-refractivity contribution in [2.45, 2.75) is 50.6 Å². The molecule has 7 nitrogen and oxygen atoms in total. The van der Waals surface area contributed by atoms with Gasteiger partial charge >= 0.3 is 0 Å². The lowest BCUT2D eigenvalue weighted by atomic mass is 10.0. The molecule has 0 bridgehead atoms. The lowest BCUT2D eigenvalue weighted by molar-refractivity contribution is -0.141. The molecule has 1 heterocycles. The van der Waals surface area contributed by atoms with Crippen molar-refractivity contribution >= 4 is 38.3 Å². The van der Waals surface area contributed by atoms with Crippen LogP contribution in [0.2, 0.25) is 0 Å². The SMILES string of the molecule is CC(C)CNC(=O)[C@H](Cc1ccccc1)N(Cc1ccccc1F)C(=O)CCCN1c2cccc3cccc(c23)S1(=O)=O. The molecule has 224 valence electrons. The zero-order valence-electron chi connectivity index (χ0n) is 24.4. The van der Waals surface area contributed by atoms with Crippen LogP contribution < -0.4 is 9.62 Å². The third-order valence-electron chi connectivity index (χ3n) is 7.69. The van der Waals surface area contributed by atoms with Gasteiger partial charge in [0.1, 0.15) is 11.9 Å². The topological polar surface area (TPSA) is 86.8 Å². The van der Waals surface area contributed by atoms with E-state index in [1.54, 1.807) is 36.4 Å². The van der Waals surface area contributed by atoms with E-state index in [4.69, 9.17) is 0 Å². The predicted octanol–water partition coefficient (Wildman–Crippen LogP) is 5.68. The molecule has 4 aromatic carbocycles. The number of nitrogens with zero attached hydrogens (tertiary/aromatic N) is 2. The van der Waals surface area contributed by atoms with Crippen molar-refractivity contribution in [2.75, 3.05) is 17.4 Å². The number of halogens is 1. The largest absolute Gasteiger partial charge is 0.354 e. The number of hydrogen-bond acceptors (Lipinski definition) is 4. The zero-order chi connectivity index (χ0) is 30.6. The first-order valence-electron chi connectivity index (χ1n) is 14.6. The van der Waals surface area contributed by atoms with Gasteiger partial charge in [0.15, 0.2) is 0 Å². The van der Waals surface area contributed by atoms with Gasteiger partial charge in [-0.25, -0.2) is 12.8 Å². The fraction of sp³-hybridized carbons (Fsp3) is 0.294. The Morgan fingerprint density at radius 3 is 2.33 bits per heavy atom. The maximum Gasteiger partial charge on any atom is 0.265 e. The summed E-state index contributed by atoms with van der Waals surface area (Å²) < 4.78 is 43.0. The number of amides is 2. The predicted molar refractivity (Wildman–Crippen MR) is 166 cm³/mol. The van der Waals surface area contributed by atoms with E-state index in [1.807, 2.05) is 62.4 Å². The molecule has 5 rings (SSSR count). The molecule has 1 aliphatic rings. The molecule has 0 saturated carbocycles. The van der Waals surface area contributed by atoms with Crippen LogP contribution in [0, 0.1) is 11.7 Å². The molecular formula is C34H36FN3O4S. The van der Waals surface area contributed by atoms with E-state index in [-0.39, 0.29) is 55.0 Å². The lowest BCUT2D eigenvalue weighted by Crippen LogP contribution is -2.51. The smallest absolute Gasteiger partial charge is 0.265 e. The van der Waals surface area contributed by atoms with Gasteiger partial charge < -0.3 is 10.2 Å². The molecule has 2 amide bonds. The molecule has 1 atom stereocenters. The van der Waals surface area contributed by atoms with Gasteiger partial charge in [0.2, 0.25) is 11.8 Å². The van der Waals surface area contributed by atoms with Gasteiger partial charge in [-0.2, -0.15) is 0 Å². The number of carbonyl (C=O) groups excluding carboxylic acids is 2. The Bertz CT molecular complexity index is 1720. The molecule has 1 aliphatic heterocycles. The van der Waals surface area contributed by atoms with Gasteiger partial charge in [0, 0.05) is 43.4 Å². The monoisotopic (exact) mass is 601 g/mol. The standard InChI is InChI=1S/C34H36FN3O4S/c1-24(2)22-36-34(40)30(21-25-11-4-3-5-12-25)37(23-27-13-6-7-16-28(27)35)32(39)19-10-20-38-29-17-8-14-26-15-9-18-31(33(26)29)43(38,41)42/h3-9,11-18,24,30H,10,19-23H2,1-2H3,(H,36,40)/t30-/m0/s1. The molecule has 43 heavy (non-hydrogen) atoms. The second-order valence-corrected chi connectivity index (χ2v) is 13.1. The first kappa shape index (κ1) is 30.2. The summed E-state index contributed by atoms with van der Waals surface area (Å²) in [6, 6.07) is 25.4. The summed E-state index contributed by atoms with van der Waals surface area (Å²) in [6.45, 7) is 4.41. The van der Waals surface area contributed by atoms with E-state index in [0.717, 1.165) is 10.9 Å². The second kappa shape index (κ2) is 13.0. The van der Waals surface area contributed by atoms with Gasteiger partial charge in [-0.1, -0.05) is 86.6 Å². The minimum absolute atomic E-state index is 0.0183. The van der Waals surface area contributed by atoms with Crippen LogP contribution in [-0.4, -0.2) is 44.3 Å². The Labute approximate surface area is 252 Å². The number of benzene rings is 4. The maximum atomic E-state index is 14.8. The van der Waals surface area contributed by atoms with Crippen LogP contribution in [0.15, 0.2) is 95.9 Å². The normalized spacial score (nSPS) is 14.2. The van der Waals surface area contributed by atoms with Crippen molar-refractivity contribution < 1.29 is 22.4 Å². The van der Waals surface area contributed by atoms with Crippen molar-refractivity contribution in [1.82, 2.24) is 10.2 Å². The Balaban J connectivity index is 1.40. The summed E-state index contributed by atoms with van der Waals surface area (Å²) in [7, 11) is -3.76. The average molecular weight is 602 g/mol. The molecule has 0 radical (unpaired) electrons. The Kier molecular flexibility index (Phi) is 9.11. The van der Waals surface area contributed by atoms with Crippen LogP contribution in [0.5, 0.6) is 0 Å². The molecule has 0 aromatic heterocycles. The van der Waals surface area contributed by atoms with Crippen molar-refractivity contribution in [2.24, 2.45) is 5.92 Å². The van der Waals surface area contributed by atoms with Gasteiger partial charge in [0.25, 0.3) is 10.0 Å². The quantitative estimate of drug-likeness (QED) is 0.226. The number of carbonyl (C=O) groups is 2.